The van der Waals surface area contributed by atoms with Gasteiger partial charge in [0, 0.05) is 30.6 Å². The van der Waals surface area contributed by atoms with Crippen molar-refractivity contribution in [1.29, 1.82) is 0 Å². The van der Waals surface area contributed by atoms with Gasteiger partial charge in [0.2, 0.25) is 0 Å². The lowest BCUT2D eigenvalue weighted by Crippen LogP contribution is -2.72. The molecule has 0 amide bonds. The minimum Gasteiger partial charge on any atom is -0.356 e. The van der Waals surface area contributed by atoms with E-state index < -0.39 is 0 Å². The van der Waals surface area contributed by atoms with Crippen LogP contribution in [0.25, 0.3) is 0 Å². The van der Waals surface area contributed by atoms with Crippen molar-refractivity contribution < 1.29 is 0 Å². The van der Waals surface area contributed by atoms with Gasteiger partial charge in [-0.2, -0.15) is 0 Å². The van der Waals surface area contributed by atoms with Crippen LogP contribution in [-0.2, 0) is 0 Å². The van der Waals surface area contributed by atoms with Gasteiger partial charge in [0.15, 0.2) is 5.96 Å². The van der Waals surface area contributed by atoms with Crippen LogP contribution in [0.4, 0.5) is 0 Å². The molecule has 3 nitrogen and oxygen atoms in total. The predicted molar refractivity (Wildman–Crippen MR) is 80.0 cm³/mol. The molecule has 0 aromatic heterocycles. The van der Waals surface area contributed by atoms with Crippen LogP contribution >= 0.6 is 0 Å². The van der Waals surface area contributed by atoms with Crippen molar-refractivity contribution in [2.24, 2.45) is 16.3 Å². The fraction of sp³-hybridized carbons (Fsp3) is 0.933. The molecule has 0 aromatic carbocycles. The van der Waals surface area contributed by atoms with Crippen LogP contribution in [0.3, 0.4) is 0 Å². The molecule has 1 saturated heterocycles. The van der Waals surface area contributed by atoms with Gasteiger partial charge in [-0.05, 0) is 33.1 Å². The average molecular weight is 253 g/mol. The van der Waals surface area contributed by atoms with E-state index in [2.05, 4.69) is 58.7 Å². The van der Waals surface area contributed by atoms with Crippen molar-refractivity contribution in [3.05, 3.63) is 0 Å². The average Bonchev–Trinajstić information content (AvgIpc) is 2.24. The summed E-state index contributed by atoms with van der Waals surface area (Å²) in [5, 5.41) is 3.43. The molecule has 0 unspecified atom stereocenters. The first-order valence-electron chi connectivity index (χ1n) is 7.28. The number of rotatable bonds is 4. The number of hydrogen-bond acceptors (Lipinski definition) is 1. The Kier molecular flexibility index (Phi) is 4.68. The fourth-order valence-electron chi connectivity index (χ4n) is 2.22. The highest BCUT2D eigenvalue weighted by atomic mass is 15.4. The second-order valence-corrected chi connectivity index (χ2v) is 6.95. The molecule has 0 radical (unpaired) electrons. The minimum atomic E-state index is 0.186. The topological polar surface area (TPSA) is 27.6 Å². The standard InChI is InChI=1S/C15H31N3/c1-8-16-13(17-10-9-12(2)3)18-11-14(4,5)15(18,6)7/h12H,8-11H2,1-7H3,(H,16,17). The lowest BCUT2D eigenvalue weighted by Gasteiger charge is -2.62. The zero-order valence-corrected chi connectivity index (χ0v) is 13.3. The quantitative estimate of drug-likeness (QED) is 0.616. The highest BCUT2D eigenvalue weighted by Crippen LogP contribution is 2.46. The predicted octanol–water partition coefficient (Wildman–Crippen LogP) is 3.12. The highest BCUT2D eigenvalue weighted by Gasteiger charge is 2.53. The first kappa shape index (κ1) is 15.3. The number of hydrogen-bond donors (Lipinski definition) is 1. The summed E-state index contributed by atoms with van der Waals surface area (Å²) in [7, 11) is 0. The van der Waals surface area contributed by atoms with Crippen molar-refractivity contribution >= 4 is 5.96 Å². The van der Waals surface area contributed by atoms with Gasteiger partial charge in [0.1, 0.15) is 0 Å². The third kappa shape index (κ3) is 2.99. The number of guanidine groups is 1. The van der Waals surface area contributed by atoms with Crippen LogP contribution in [0, 0.1) is 11.3 Å². The number of nitrogens with zero attached hydrogens (tertiary/aromatic N) is 2. The smallest absolute Gasteiger partial charge is 0.194 e. The van der Waals surface area contributed by atoms with E-state index in [1.165, 1.54) is 0 Å². The molecular formula is C15H31N3. The maximum Gasteiger partial charge on any atom is 0.194 e. The molecule has 1 rings (SSSR count). The molecule has 1 fully saturated rings. The summed E-state index contributed by atoms with van der Waals surface area (Å²) in [5.41, 5.74) is 0.549. The molecule has 0 aromatic rings. The molecule has 1 N–H and O–H groups in total. The van der Waals surface area contributed by atoms with E-state index in [4.69, 9.17) is 4.99 Å². The van der Waals surface area contributed by atoms with Gasteiger partial charge in [0.25, 0.3) is 0 Å². The summed E-state index contributed by atoms with van der Waals surface area (Å²) in [4.78, 5) is 7.18. The highest BCUT2D eigenvalue weighted by molar-refractivity contribution is 5.82. The van der Waals surface area contributed by atoms with Crippen LogP contribution < -0.4 is 5.32 Å². The van der Waals surface area contributed by atoms with E-state index in [1.54, 1.807) is 0 Å². The van der Waals surface area contributed by atoms with E-state index in [1.807, 2.05) is 0 Å². The van der Waals surface area contributed by atoms with Crippen LogP contribution in [-0.4, -0.2) is 36.0 Å². The summed E-state index contributed by atoms with van der Waals surface area (Å²) in [6.45, 7) is 18.9. The Hall–Kier alpha value is -0.730. The van der Waals surface area contributed by atoms with E-state index in [9.17, 15) is 0 Å². The Balaban J connectivity index is 2.69. The molecular weight excluding hydrogens is 222 g/mol. The van der Waals surface area contributed by atoms with Gasteiger partial charge in [-0.1, -0.05) is 27.7 Å². The third-order valence-electron chi connectivity index (χ3n) is 4.44. The monoisotopic (exact) mass is 253 g/mol. The van der Waals surface area contributed by atoms with Crippen LogP contribution in [0.5, 0.6) is 0 Å². The molecule has 106 valence electrons. The van der Waals surface area contributed by atoms with E-state index in [0.717, 1.165) is 37.9 Å². The lowest BCUT2D eigenvalue weighted by molar-refractivity contribution is -0.0667. The zero-order valence-electron chi connectivity index (χ0n) is 13.3. The van der Waals surface area contributed by atoms with Crippen LogP contribution in [0.2, 0.25) is 0 Å². The fourth-order valence-corrected chi connectivity index (χ4v) is 2.22. The Morgan fingerprint density at radius 1 is 1.28 bits per heavy atom. The van der Waals surface area contributed by atoms with Gasteiger partial charge >= 0.3 is 0 Å². The molecule has 3 heteroatoms. The number of aliphatic imine (C=N–C) groups is 1. The summed E-state index contributed by atoms with van der Waals surface area (Å²) in [5.74, 6) is 1.81. The largest absolute Gasteiger partial charge is 0.356 e. The molecule has 18 heavy (non-hydrogen) atoms. The Morgan fingerprint density at radius 3 is 2.28 bits per heavy atom. The zero-order chi connectivity index (χ0) is 14.0. The van der Waals surface area contributed by atoms with E-state index in [0.29, 0.717) is 5.41 Å². The van der Waals surface area contributed by atoms with E-state index >= 15 is 0 Å². The second-order valence-electron chi connectivity index (χ2n) is 6.95. The molecule has 0 saturated carbocycles. The van der Waals surface area contributed by atoms with Gasteiger partial charge < -0.3 is 10.2 Å². The SMILES string of the molecule is CCNC(=NCCC(C)C)N1CC(C)(C)C1(C)C. The maximum atomic E-state index is 4.77. The molecule has 1 aliphatic rings. The van der Waals surface area contributed by atoms with Gasteiger partial charge in [-0.15, -0.1) is 0 Å². The van der Waals surface area contributed by atoms with Crippen molar-refractivity contribution in [2.45, 2.75) is 60.4 Å². The van der Waals surface area contributed by atoms with Gasteiger partial charge in [0.05, 0.1) is 0 Å². The van der Waals surface area contributed by atoms with Gasteiger partial charge in [-0.3, -0.25) is 4.99 Å². The summed E-state index contributed by atoms with van der Waals surface area (Å²) in [6.07, 6.45) is 1.16. The summed E-state index contributed by atoms with van der Waals surface area (Å²) < 4.78 is 0. The van der Waals surface area contributed by atoms with E-state index in [-0.39, 0.29) is 5.54 Å². The van der Waals surface area contributed by atoms with Crippen molar-refractivity contribution in [1.82, 2.24) is 10.2 Å². The van der Waals surface area contributed by atoms with Crippen molar-refractivity contribution in [3.8, 4) is 0 Å². The summed E-state index contributed by atoms with van der Waals surface area (Å²) in [6, 6.07) is 0. The molecule has 0 aliphatic carbocycles. The molecule has 0 bridgehead atoms. The Labute approximate surface area is 113 Å². The Morgan fingerprint density at radius 2 is 1.89 bits per heavy atom. The summed E-state index contributed by atoms with van der Waals surface area (Å²) >= 11 is 0. The van der Waals surface area contributed by atoms with Crippen molar-refractivity contribution in [3.63, 3.8) is 0 Å². The van der Waals surface area contributed by atoms with Crippen LogP contribution in [0.1, 0.15) is 54.9 Å². The second kappa shape index (κ2) is 5.50. The lowest BCUT2D eigenvalue weighted by atomic mass is 9.65. The normalized spacial score (nSPS) is 22.0. The first-order chi connectivity index (χ1) is 8.22. The number of nitrogens with one attached hydrogen (secondary N) is 1. The molecule has 0 atom stereocenters. The Bertz CT molecular complexity index is 303. The molecule has 1 aliphatic heterocycles. The third-order valence-corrected chi connectivity index (χ3v) is 4.44. The minimum absolute atomic E-state index is 0.186. The van der Waals surface area contributed by atoms with Crippen molar-refractivity contribution in [2.75, 3.05) is 19.6 Å². The number of likely N-dealkylation sites (tertiary alicyclic amines) is 1. The van der Waals surface area contributed by atoms with Crippen LogP contribution in [0.15, 0.2) is 4.99 Å². The first-order valence-corrected chi connectivity index (χ1v) is 7.28. The van der Waals surface area contributed by atoms with Gasteiger partial charge in [-0.25, -0.2) is 0 Å². The molecule has 0 spiro atoms. The maximum absolute atomic E-state index is 4.77. The molecule has 1 heterocycles.